The molecule has 8 nitrogen and oxygen atoms in total. The Kier molecular flexibility index (Phi) is 14.9. The molecule has 5 aromatic rings. The normalized spacial score (nSPS) is 21.4. The van der Waals surface area contributed by atoms with Crippen molar-refractivity contribution in [1.82, 2.24) is 5.32 Å². The summed E-state index contributed by atoms with van der Waals surface area (Å²) in [5, 5.41) is 3.52. The smallest absolute Gasteiger partial charge is 0.326 e. The van der Waals surface area contributed by atoms with E-state index in [9.17, 15) is 4.79 Å². The second-order valence-corrected chi connectivity index (χ2v) is 13.7. The lowest BCUT2D eigenvalue weighted by Gasteiger charge is -2.55. The Morgan fingerprint density at radius 3 is 1.56 bits per heavy atom. The minimum Gasteiger partial charge on any atom is -0.468 e. The third-order valence-corrected chi connectivity index (χ3v) is 9.82. The standard InChI is InChI=1S/C47H51NO7/c1-3-29-47(44(46(49)50-2)48-30-36-19-9-4-10-20-36)45(54-34-40-27-17-8-18-28-40)43(53-33-39-25-15-7-16-26-39)42(52-32-38-23-13-6-14-24-38)41(55-47)35-51-31-37-21-11-5-12-22-37/h3-28,41-45,48H,1,29-35H2,2H3/t41?,42-,43-,44+,45?,47-/m0/s1. The molecule has 6 rings (SSSR count). The van der Waals surface area contributed by atoms with Crippen LogP contribution >= 0.6 is 0 Å². The first-order valence-corrected chi connectivity index (χ1v) is 18.8. The van der Waals surface area contributed by atoms with Gasteiger partial charge >= 0.3 is 5.97 Å². The van der Waals surface area contributed by atoms with Crippen molar-refractivity contribution in [3.05, 3.63) is 192 Å². The SMILES string of the molecule is C=CC[C@@]1([C@H](NCc2ccccc2)C(=O)OC)OC(COCc2ccccc2)[C@H](OCc2ccccc2)[C@H](OCc2ccccc2)C1OCc1ccccc1. The molecule has 6 atom stereocenters. The number of methoxy groups -OCH3 is 1. The van der Waals surface area contributed by atoms with Gasteiger partial charge in [0, 0.05) is 6.54 Å². The van der Waals surface area contributed by atoms with E-state index in [0.717, 1.165) is 27.8 Å². The Balaban J connectivity index is 1.45. The molecule has 1 heterocycles. The van der Waals surface area contributed by atoms with Gasteiger partial charge in [-0.1, -0.05) is 158 Å². The molecule has 0 saturated carbocycles. The maximum Gasteiger partial charge on any atom is 0.326 e. The van der Waals surface area contributed by atoms with Gasteiger partial charge in [0.05, 0.1) is 40.1 Å². The van der Waals surface area contributed by atoms with Gasteiger partial charge in [-0.3, -0.25) is 10.1 Å². The van der Waals surface area contributed by atoms with Crippen LogP contribution in [-0.4, -0.2) is 55.7 Å². The van der Waals surface area contributed by atoms with Crippen LogP contribution in [0.1, 0.15) is 34.2 Å². The Bertz CT molecular complexity index is 1850. The first-order valence-electron chi connectivity index (χ1n) is 18.8. The monoisotopic (exact) mass is 741 g/mol. The number of nitrogens with one attached hydrogen (secondary N) is 1. The molecule has 286 valence electrons. The largest absolute Gasteiger partial charge is 0.468 e. The van der Waals surface area contributed by atoms with Gasteiger partial charge in [0.1, 0.15) is 36.1 Å². The van der Waals surface area contributed by atoms with E-state index in [1.54, 1.807) is 6.08 Å². The van der Waals surface area contributed by atoms with Crippen LogP contribution in [-0.2, 0) is 66.2 Å². The fourth-order valence-corrected chi connectivity index (χ4v) is 7.12. The summed E-state index contributed by atoms with van der Waals surface area (Å²) >= 11 is 0. The third-order valence-electron chi connectivity index (χ3n) is 9.82. The van der Waals surface area contributed by atoms with Gasteiger partial charge in [-0.25, -0.2) is 0 Å². The molecule has 0 aromatic heterocycles. The van der Waals surface area contributed by atoms with Gasteiger partial charge < -0.3 is 28.4 Å². The van der Waals surface area contributed by atoms with Crippen molar-refractivity contribution in [3.63, 3.8) is 0 Å². The van der Waals surface area contributed by atoms with E-state index in [-0.39, 0.29) is 26.2 Å². The summed E-state index contributed by atoms with van der Waals surface area (Å²) in [6.07, 6.45) is -0.980. The molecule has 1 aliphatic rings. The van der Waals surface area contributed by atoms with E-state index in [4.69, 9.17) is 28.4 Å². The molecular weight excluding hydrogens is 691 g/mol. The average Bonchev–Trinajstić information content (AvgIpc) is 3.24. The van der Waals surface area contributed by atoms with Crippen molar-refractivity contribution in [2.75, 3.05) is 13.7 Å². The number of hydrogen-bond donors (Lipinski definition) is 1. The fourth-order valence-electron chi connectivity index (χ4n) is 7.12. The van der Waals surface area contributed by atoms with E-state index in [0.29, 0.717) is 19.8 Å². The molecule has 0 radical (unpaired) electrons. The zero-order valence-electron chi connectivity index (χ0n) is 31.4. The number of benzene rings is 5. The lowest BCUT2D eigenvalue weighted by atomic mass is 9.76. The highest BCUT2D eigenvalue weighted by molar-refractivity contribution is 5.77. The average molecular weight is 742 g/mol. The number of rotatable bonds is 20. The molecule has 5 aromatic carbocycles. The van der Waals surface area contributed by atoms with Crippen molar-refractivity contribution < 1.29 is 33.2 Å². The van der Waals surface area contributed by atoms with E-state index in [1.807, 2.05) is 152 Å². The summed E-state index contributed by atoms with van der Waals surface area (Å²) in [4.78, 5) is 14.2. The third kappa shape index (κ3) is 10.9. The predicted octanol–water partition coefficient (Wildman–Crippen LogP) is 8.00. The second-order valence-electron chi connectivity index (χ2n) is 13.7. The molecule has 0 bridgehead atoms. The second kappa shape index (κ2) is 20.7. The van der Waals surface area contributed by atoms with E-state index in [1.165, 1.54) is 7.11 Å². The molecule has 1 N–H and O–H groups in total. The molecule has 2 unspecified atom stereocenters. The summed E-state index contributed by atoms with van der Waals surface area (Å²) in [6, 6.07) is 48.8. The zero-order valence-corrected chi connectivity index (χ0v) is 31.4. The van der Waals surface area contributed by atoms with Crippen LogP contribution in [0.25, 0.3) is 0 Å². The summed E-state index contributed by atoms with van der Waals surface area (Å²) in [6.45, 7) is 5.82. The van der Waals surface area contributed by atoms with Crippen LogP contribution in [0.3, 0.4) is 0 Å². The molecule has 1 fully saturated rings. The quantitative estimate of drug-likeness (QED) is 0.0635. The first-order chi connectivity index (χ1) is 27.1. The molecular formula is C47H51NO7. The van der Waals surface area contributed by atoms with Crippen LogP contribution in [0.2, 0.25) is 0 Å². The maximum atomic E-state index is 14.2. The Labute approximate surface area is 325 Å². The Morgan fingerprint density at radius 2 is 1.09 bits per heavy atom. The van der Waals surface area contributed by atoms with E-state index >= 15 is 0 Å². The van der Waals surface area contributed by atoms with Gasteiger partial charge in [-0.05, 0) is 34.2 Å². The van der Waals surface area contributed by atoms with Crippen molar-refractivity contribution >= 4 is 5.97 Å². The van der Waals surface area contributed by atoms with Crippen molar-refractivity contribution in [3.8, 4) is 0 Å². The molecule has 0 aliphatic carbocycles. The fraction of sp³-hybridized carbons (Fsp3) is 0.298. The molecule has 8 heteroatoms. The van der Waals surface area contributed by atoms with Crippen molar-refractivity contribution in [1.29, 1.82) is 0 Å². The molecule has 1 saturated heterocycles. The number of ether oxygens (including phenoxy) is 6. The maximum absolute atomic E-state index is 14.2. The van der Waals surface area contributed by atoms with Gasteiger partial charge in [-0.2, -0.15) is 0 Å². The minimum absolute atomic E-state index is 0.149. The highest BCUT2D eigenvalue weighted by Crippen LogP contribution is 2.42. The van der Waals surface area contributed by atoms with Crippen LogP contribution < -0.4 is 5.32 Å². The van der Waals surface area contributed by atoms with Crippen LogP contribution in [0.15, 0.2) is 164 Å². The number of hydrogen-bond acceptors (Lipinski definition) is 8. The van der Waals surface area contributed by atoms with E-state index < -0.39 is 42.0 Å². The van der Waals surface area contributed by atoms with Crippen LogP contribution in [0.4, 0.5) is 0 Å². The highest BCUT2D eigenvalue weighted by atomic mass is 16.6. The number of carbonyl (C=O) groups excluding carboxylic acids is 1. The van der Waals surface area contributed by atoms with Gasteiger partial charge in [0.2, 0.25) is 0 Å². The summed E-state index contributed by atoms with van der Waals surface area (Å²) in [5.41, 5.74) is 3.57. The van der Waals surface area contributed by atoms with Crippen LogP contribution in [0.5, 0.6) is 0 Å². The zero-order chi connectivity index (χ0) is 38.1. The van der Waals surface area contributed by atoms with Crippen molar-refractivity contribution in [2.24, 2.45) is 0 Å². The predicted molar refractivity (Wildman–Crippen MR) is 213 cm³/mol. The number of esters is 1. The Hall–Kier alpha value is -4.93. The molecule has 1 aliphatic heterocycles. The topological polar surface area (TPSA) is 84.5 Å². The lowest BCUT2D eigenvalue weighted by Crippen LogP contribution is -2.74. The minimum atomic E-state index is -1.38. The van der Waals surface area contributed by atoms with Crippen molar-refractivity contribution in [2.45, 2.75) is 75.5 Å². The summed E-state index contributed by atoms with van der Waals surface area (Å²) < 4.78 is 40.1. The highest BCUT2D eigenvalue weighted by Gasteiger charge is 2.61. The number of carbonyl (C=O) groups is 1. The van der Waals surface area contributed by atoms with Crippen LogP contribution in [0, 0.1) is 0 Å². The summed E-state index contributed by atoms with van der Waals surface area (Å²) in [7, 11) is 1.39. The van der Waals surface area contributed by atoms with Gasteiger partial charge in [0.25, 0.3) is 0 Å². The molecule has 0 amide bonds. The Morgan fingerprint density at radius 1 is 0.655 bits per heavy atom. The summed E-state index contributed by atoms with van der Waals surface area (Å²) in [5.74, 6) is -0.500. The van der Waals surface area contributed by atoms with Gasteiger partial charge in [0.15, 0.2) is 0 Å². The molecule has 55 heavy (non-hydrogen) atoms. The lowest BCUT2D eigenvalue weighted by molar-refractivity contribution is -0.313. The first kappa shape index (κ1) is 39.8. The van der Waals surface area contributed by atoms with Gasteiger partial charge in [-0.15, -0.1) is 6.58 Å². The van der Waals surface area contributed by atoms with E-state index in [2.05, 4.69) is 11.9 Å². The molecule has 0 spiro atoms.